The van der Waals surface area contributed by atoms with Crippen LogP contribution in [0.25, 0.3) is 22.1 Å². The Hall–Kier alpha value is -2.95. The molecule has 0 aliphatic heterocycles. The summed E-state index contributed by atoms with van der Waals surface area (Å²) in [7, 11) is 4.68. The van der Waals surface area contributed by atoms with E-state index >= 15 is 0 Å². The standard InChI is InChI=1S/C18H16O5/c1-20-15-7-12(8-16(21-2)18(15)22-3)13-10-23-14-6-4-5-11(9-19)17(13)14/h4-10H,1-3H3. The van der Waals surface area contributed by atoms with Crippen molar-refractivity contribution in [3.05, 3.63) is 42.2 Å². The van der Waals surface area contributed by atoms with Crippen LogP contribution in [0.15, 0.2) is 41.0 Å². The molecule has 3 rings (SSSR count). The van der Waals surface area contributed by atoms with Crippen LogP contribution in [-0.2, 0) is 0 Å². The molecule has 0 bridgehead atoms. The first-order valence-electron chi connectivity index (χ1n) is 6.99. The molecule has 0 spiro atoms. The first kappa shape index (κ1) is 15.0. The van der Waals surface area contributed by atoms with Crippen molar-refractivity contribution in [1.82, 2.24) is 0 Å². The number of furan rings is 1. The lowest BCUT2D eigenvalue weighted by atomic mass is 10.0. The smallest absolute Gasteiger partial charge is 0.203 e. The van der Waals surface area contributed by atoms with Crippen LogP contribution in [0.4, 0.5) is 0 Å². The maximum absolute atomic E-state index is 11.3. The van der Waals surface area contributed by atoms with Gasteiger partial charge in [0.2, 0.25) is 5.75 Å². The molecule has 3 aromatic rings. The van der Waals surface area contributed by atoms with Gasteiger partial charge in [-0.3, -0.25) is 4.79 Å². The summed E-state index contributed by atoms with van der Waals surface area (Å²) in [4.78, 5) is 11.3. The Balaban J connectivity index is 2.29. The van der Waals surface area contributed by atoms with Crippen LogP contribution in [0.1, 0.15) is 10.4 Å². The minimum atomic E-state index is 0.516. The molecule has 0 unspecified atom stereocenters. The summed E-state index contributed by atoms with van der Waals surface area (Å²) in [5.74, 6) is 1.60. The Morgan fingerprint density at radius 2 is 1.70 bits per heavy atom. The molecular weight excluding hydrogens is 296 g/mol. The molecule has 5 heteroatoms. The number of ether oxygens (including phenoxy) is 3. The molecule has 0 aliphatic rings. The maximum Gasteiger partial charge on any atom is 0.203 e. The SMILES string of the molecule is COc1cc(-c2coc3cccc(C=O)c23)cc(OC)c1OC. The van der Waals surface area contributed by atoms with Crippen molar-refractivity contribution < 1.29 is 23.4 Å². The molecule has 0 amide bonds. The zero-order valence-corrected chi connectivity index (χ0v) is 13.1. The monoisotopic (exact) mass is 312 g/mol. The van der Waals surface area contributed by atoms with Crippen LogP contribution < -0.4 is 14.2 Å². The van der Waals surface area contributed by atoms with Crippen molar-refractivity contribution in [2.45, 2.75) is 0 Å². The molecule has 0 radical (unpaired) electrons. The first-order valence-corrected chi connectivity index (χ1v) is 6.99. The highest BCUT2D eigenvalue weighted by Gasteiger charge is 2.18. The van der Waals surface area contributed by atoms with E-state index in [-0.39, 0.29) is 0 Å². The zero-order chi connectivity index (χ0) is 16.4. The largest absolute Gasteiger partial charge is 0.493 e. The molecule has 118 valence electrons. The molecule has 0 fully saturated rings. The van der Waals surface area contributed by atoms with Crippen molar-refractivity contribution in [2.24, 2.45) is 0 Å². The summed E-state index contributed by atoms with van der Waals surface area (Å²) in [5, 5.41) is 0.761. The van der Waals surface area contributed by atoms with Crippen molar-refractivity contribution in [2.75, 3.05) is 21.3 Å². The number of carbonyl (C=O) groups is 1. The van der Waals surface area contributed by atoms with Crippen molar-refractivity contribution in [3.63, 3.8) is 0 Å². The van der Waals surface area contributed by atoms with Crippen LogP contribution in [0.3, 0.4) is 0 Å². The van der Waals surface area contributed by atoms with E-state index in [0.29, 0.717) is 28.4 Å². The summed E-state index contributed by atoms with van der Waals surface area (Å²) in [6, 6.07) is 9.02. The third kappa shape index (κ3) is 2.40. The van der Waals surface area contributed by atoms with E-state index in [9.17, 15) is 4.79 Å². The molecule has 2 aromatic carbocycles. The molecular formula is C18H16O5. The summed E-state index contributed by atoms with van der Waals surface area (Å²) < 4.78 is 21.7. The molecule has 1 heterocycles. The molecule has 0 aliphatic carbocycles. The number of benzene rings is 2. The molecule has 0 N–H and O–H groups in total. The minimum absolute atomic E-state index is 0.516. The van der Waals surface area contributed by atoms with Crippen molar-refractivity contribution in [3.8, 4) is 28.4 Å². The Morgan fingerprint density at radius 1 is 1.00 bits per heavy atom. The predicted molar refractivity (Wildman–Crippen MR) is 86.7 cm³/mol. The quantitative estimate of drug-likeness (QED) is 0.668. The van der Waals surface area contributed by atoms with Crippen LogP contribution >= 0.6 is 0 Å². The highest BCUT2D eigenvalue weighted by atomic mass is 16.5. The van der Waals surface area contributed by atoms with Gasteiger partial charge < -0.3 is 18.6 Å². The normalized spacial score (nSPS) is 10.6. The summed E-state index contributed by atoms with van der Waals surface area (Å²) in [5.41, 5.74) is 2.83. The fourth-order valence-corrected chi connectivity index (χ4v) is 2.66. The second-order valence-electron chi connectivity index (χ2n) is 4.90. The third-order valence-electron chi connectivity index (χ3n) is 3.73. The Kier molecular flexibility index (Phi) is 3.93. The third-order valence-corrected chi connectivity index (χ3v) is 3.73. The van der Waals surface area contributed by atoms with Gasteiger partial charge in [0.1, 0.15) is 5.58 Å². The van der Waals surface area contributed by atoms with Gasteiger partial charge in [-0.05, 0) is 23.8 Å². The second-order valence-corrected chi connectivity index (χ2v) is 4.90. The molecule has 0 saturated carbocycles. The van der Waals surface area contributed by atoms with Gasteiger partial charge in [0.15, 0.2) is 17.8 Å². The van der Waals surface area contributed by atoms with Crippen LogP contribution in [0.2, 0.25) is 0 Å². The highest BCUT2D eigenvalue weighted by Crippen LogP contribution is 2.43. The fraction of sp³-hybridized carbons (Fsp3) is 0.167. The van der Waals surface area contributed by atoms with E-state index in [4.69, 9.17) is 18.6 Å². The van der Waals surface area contributed by atoms with Crippen LogP contribution in [0.5, 0.6) is 17.2 Å². The minimum Gasteiger partial charge on any atom is -0.493 e. The Bertz CT molecular complexity index is 838. The van der Waals surface area contributed by atoms with Gasteiger partial charge in [0.05, 0.1) is 27.6 Å². The van der Waals surface area contributed by atoms with E-state index < -0.39 is 0 Å². The molecule has 0 atom stereocenters. The number of carbonyl (C=O) groups excluding carboxylic acids is 1. The number of hydrogen-bond acceptors (Lipinski definition) is 5. The number of rotatable bonds is 5. The van der Waals surface area contributed by atoms with Gasteiger partial charge in [-0.1, -0.05) is 12.1 Å². The fourth-order valence-electron chi connectivity index (χ4n) is 2.66. The van der Waals surface area contributed by atoms with Gasteiger partial charge >= 0.3 is 0 Å². The number of aldehydes is 1. The van der Waals surface area contributed by atoms with E-state index in [2.05, 4.69) is 0 Å². The molecule has 5 nitrogen and oxygen atoms in total. The average Bonchev–Trinajstić information content (AvgIpc) is 3.04. The number of methoxy groups -OCH3 is 3. The highest BCUT2D eigenvalue weighted by molar-refractivity contribution is 6.05. The molecule has 0 saturated heterocycles. The van der Waals surface area contributed by atoms with Gasteiger partial charge in [0.25, 0.3) is 0 Å². The van der Waals surface area contributed by atoms with Crippen LogP contribution in [-0.4, -0.2) is 27.6 Å². The van der Waals surface area contributed by atoms with Gasteiger partial charge in [-0.2, -0.15) is 0 Å². The Morgan fingerprint density at radius 3 is 2.26 bits per heavy atom. The molecule has 23 heavy (non-hydrogen) atoms. The number of fused-ring (bicyclic) bond motifs is 1. The van der Waals surface area contributed by atoms with Gasteiger partial charge in [-0.25, -0.2) is 0 Å². The average molecular weight is 312 g/mol. The first-order chi connectivity index (χ1) is 11.2. The lowest BCUT2D eigenvalue weighted by Crippen LogP contribution is -1.95. The zero-order valence-electron chi connectivity index (χ0n) is 13.1. The van der Waals surface area contributed by atoms with Crippen molar-refractivity contribution in [1.29, 1.82) is 0 Å². The van der Waals surface area contributed by atoms with E-state index in [1.54, 1.807) is 39.7 Å². The summed E-state index contributed by atoms with van der Waals surface area (Å²) in [6.45, 7) is 0. The summed E-state index contributed by atoms with van der Waals surface area (Å²) in [6.07, 6.45) is 2.44. The van der Waals surface area contributed by atoms with E-state index in [0.717, 1.165) is 22.8 Å². The van der Waals surface area contributed by atoms with Crippen molar-refractivity contribution >= 4 is 17.3 Å². The van der Waals surface area contributed by atoms with Gasteiger partial charge in [0, 0.05) is 16.5 Å². The topological polar surface area (TPSA) is 57.9 Å². The van der Waals surface area contributed by atoms with Crippen LogP contribution in [0, 0.1) is 0 Å². The number of hydrogen-bond donors (Lipinski definition) is 0. The summed E-state index contributed by atoms with van der Waals surface area (Å²) >= 11 is 0. The maximum atomic E-state index is 11.3. The Labute approximate surface area is 133 Å². The lowest BCUT2D eigenvalue weighted by Gasteiger charge is -2.13. The predicted octanol–water partition coefficient (Wildman–Crippen LogP) is 3.94. The molecule has 1 aromatic heterocycles. The van der Waals surface area contributed by atoms with Gasteiger partial charge in [-0.15, -0.1) is 0 Å². The van der Waals surface area contributed by atoms with E-state index in [1.807, 2.05) is 18.2 Å². The second kappa shape index (κ2) is 6.04. The van der Waals surface area contributed by atoms with E-state index in [1.165, 1.54) is 0 Å². The lowest BCUT2D eigenvalue weighted by molar-refractivity contribution is 0.112.